The lowest BCUT2D eigenvalue weighted by Crippen LogP contribution is -2.38. The predicted molar refractivity (Wildman–Crippen MR) is 99.5 cm³/mol. The van der Waals surface area contributed by atoms with E-state index in [1.54, 1.807) is 7.11 Å². The van der Waals surface area contributed by atoms with Gasteiger partial charge in [-0.1, -0.05) is 31.0 Å². The Bertz CT molecular complexity index is 842. The van der Waals surface area contributed by atoms with Gasteiger partial charge in [-0.2, -0.15) is 0 Å². The molecule has 1 saturated carbocycles. The molecule has 0 radical (unpaired) electrons. The number of amides is 1. The van der Waals surface area contributed by atoms with Crippen LogP contribution in [0.3, 0.4) is 0 Å². The maximum atomic E-state index is 14.1. The number of hydrogen-bond donors (Lipinski definition) is 2. The third kappa shape index (κ3) is 3.94. The fourth-order valence-electron chi connectivity index (χ4n) is 3.72. The molecule has 142 valence electrons. The van der Waals surface area contributed by atoms with Gasteiger partial charge in [0.2, 0.25) is 5.91 Å². The summed E-state index contributed by atoms with van der Waals surface area (Å²) in [6.45, 7) is 0. The maximum Gasteiger partial charge on any atom is 0.307 e. The predicted octanol–water partition coefficient (Wildman–Crippen LogP) is 3.91. The van der Waals surface area contributed by atoms with Crippen LogP contribution in [0.25, 0.3) is 0 Å². The lowest BCUT2D eigenvalue weighted by atomic mass is 9.78. The van der Waals surface area contributed by atoms with E-state index < -0.39 is 23.6 Å². The highest BCUT2D eigenvalue weighted by Crippen LogP contribution is 2.42. The topological polar surface area (TPSA) is 75.6 Å². The Morgan fingerprint density at radius 3 is 2.37 bits per heavy atom. The summed E-state index contributed by atoms with van der Waals surface area (Å²) < 4.78 is 19.3. The number of hydrogen-bond acceptors (Lipinski definition) is 3. The Morgan fingerprint density at radius 2 is 1.81 bits per heavy atom. The number of aliphatic carboxylic acids is 1. The van der Waals surface area contributed by atoms with Crippen LogP contribution in [-0.2, 0) is 21.4 Å². The summed E-state index contributed by atoms with van der Waals surface area (Å²) in [5.41, 5.74) is 0.682. The van der Waals surface area contributed by atoms with Gasteiger partial charge >= 0.3 is 5.97 Å². The Balaban J connectivity index is 1.83. The third-order valence-corrected chi connectivity index (χ3v) is 5.19. The minimum absolute atomic E-state index is 0.0891. The van der Waals surface area contributed by atoms with Crippen LogP contribution < -0.4 is 10.1 Å². The summed E-state index contributed by atoms with van der Waals surface area (Å²) in [7, 11) is 1.59. The fourth-order valence-corrected chi connectivity index (χ4v) is 3.72. The Labute approximate surface area is 157 Å². The Kier molecular flexibility index (Phi) is 5.44. The molecule has 2 aromatic rings. The average molecular weight is 371 g/mol. The minimum atomic E-state index is -1.10. The zero-order chi connectivity index (χ0) is 19.4. The first kappa shape index (κ1) is 18.9. The Hall–Kier alpha value is -2.89. The smallest absolute Gasteiger partial charge is 0.307 e. The number of anilines is 1. The second-order valence-electron chi connectivity index (χ2n) is 6.85. The van der Waals surface area contributed by atoms with E-state index in [1.165, 1.54) is 18.2 Å². The summed E-state index contributed by atoms with van der Waals surface area (Å²) in [5.74, 6) is -1.19. The van der Waals surface area contributed by atoms with Crippen molar-refractivity contribution in [2.75, 3.05) is 12.4 Å². The number of carbonyl (C=O) groups excluding carboxylic acids is 1. The molecule has 5 nitrogen and oxygen atoms in total. The molecule has 0 aliphatic heterocycles. The number of ether oxygens (including phenoxy) is 1. The first-order valence-corrected chi connectivity index (χ1v) is 8.91. The van der Waals surface area contributed by atoms with Crippen LogP contribution in [-0.4, -0.2) is 24.1 Å². The number of benzene rings is 2. The molecule has 3 rings (SSSR count). The van der Waals surface area contributed by atoms with Crippen LogP contribution >= 0.6 is 0 Å². The molecule has 1 fully saturated rings. The summed E-state index contributed by atoms with van der Waals surface area (Å²) in [6, 6.07) is 11.6. The van der Waals surface area contributed by atoms with E-state index in [0.29, 0.717) is 5.69 Å². The highest BCUT2D eigenvalue weighted by molar-refractivity contribution is 5.99. The first-order valence-electron chi connectivity index (χ1n) is 8.91. The van der Waals surface area contributed by atoms with E-state index in [0.717, 1.165) is 37.0 Å². The number of rotatable bonds is 6. The van der Waals surface area contributed by atoms with E-state index in [-0.39, 0.29) is 11.5 Å². The number of halogens is 1. The van der Waals surface area contributed by atoms with Crippen LogP contribution in [0.4, 0.5) is 10.1 Å². The van der Waals surface area contributed by atoms with E-state index in [4.69, 9.17) is 9.84 Å². The average Bonchev–Trinajstić information content (AvgIpc) is 3.15. The van der Waals surface area contributed by atoms with Crippen LogP contribution in [0.2, 0.25) is 0 Å². The second-order valence-corrected chi connectivity index (χ2v) is 6.85. The standard InChI is InChI=1S/C21H22FNO4/c1-27-17-8-5-15(6-9-17)21(10-2-3-11-21)20(26)23-16-7-4-14(12-19(24)25)18(22)13-16/h4-9,13H,2-3,10-12H2,1H3,(H,23,26)(H,24,25). The SMILES string of the molecule is COc1ccc(C2(C(=O)Nc3ccc(CC(=O)O)c(F)c3)CCCC2)cc1. The van der Waals surface area contributed by atoms with Gasteiger partial charge in [0.25, 0.3) is 0 Å². The van der Waals surface area contributed by atoms with Crippen molar-refractivity contribution in [3.8, 4) is 5.75 Å². The van der Waals surface area contributed by atoms with E-state index >= 15 is 0 Å². The molecular formula is C21H22FNO4. The molecule has 0 atom stereocenters. The number of carboxylic acids is 1. The van der Waals surface area contributed by atoms with E-state index in [9.17, 15) is 14.0 Å². The summed E-state index contributed by atoms with van der Waals surface area (Å²) in [4.78, 5) is 23.9. The normalized spacial score (nSPS) is 15.3. The molecule has 1 aliphatic carbocycles. The molecule has 1 aliphatic rings. The minimum Gasteiger partial charge on any atom is -0.497 e. The van der Waals surface area contributed by atoms with Crippen molar-refractivity contribution in [2.24, 2.45) is 0 Å². The van der Waals surface area contributed by atoms with Gasteiger partial charge in [0.1, 0.15) is 11.6 Å². The van der Waals surface area contributed by atoms with Crippen LogP contribution in [0, 0.1) is 5.82 Å². The molecule has 27 heavy (non-hydrogen) atoms. The molecule has 1 amide bonds. The number of nitrogens with one attached hydrogen (secondary N) is 1. The molecule has 2 aromatic carbocycles. The quantitative estimate of drug-likeness (QED) is 0.807. The molecule has 0 aromatic heterocycles. The van der Waals surface area contributed by atoms with Gasteiger partial charge in [-0.15, -0.1) is 0 Å². The first-order chi connectivity index (χ1) is 12.9. The van der Waals surface area contributed by atoms with E-state index in [1.807, 2.05) is 24.3 Å². The van der Waals surface area contributed by atoms with Crippen molar-refractivity contribution in [1.29, 1.82) is 0 Å². The van der Waals surface area contributed by atoms with Gasteiger partial charge in [-0.3, -0.25) is 9.59 Å². The van der Waals surface area contributed by atoms with Gasteiger partial charge < -0.3 is 15.2 Å². The summed E-state index contributed by atoms with van der Waals surface area (Å²) in [6.07, 6.45) is 2.96. The second kappa shape index (κ2) is 7.78. The largest absolute Gasteiger partial charge is 0.497 e. The summed E-state index contributed by atoms with van der Waals surface area (Å²) >= 11 is 0. The molecular weight excluding hydrogens is 349 g/mol. The fraction of sp³-hybridized carbons (Fsp3) is 0.333. The highest BCUT2D eigenvalue weighted by atomic mass is 19.1. The van der Waals surface area contributed by atoms with Gasteiger partial charge in [0, 0.05) is 5.69 Å². The van der Waals surface area contributed by atoms with Crippen LogP contribution in [0.15, 0.2) is 42.5 Å². The van der Waals surface area contributed by atoms with Gasteiger partial charge in [-0.25, -0.2) is 4.39 Å². The number of carboxylic acid groups (broad SMARTS) is 1. The lowest BCUT2D eigenvalue weighted by Gasteiger charge is -2.28. The molecule has 0 unspecified atom stereocenters. The molecule has 6 heteroatoms. The van der Waals surface area contributed by atoms with Crippen molar-refractivity contribution in [2.45, 2.75) is 37.5 Å². The number of carbonyl (C=O) groups is 2. The monoisotopic (exact) mass is 371 g/mol. The zero-order valence-electron chi connectivity index (χ0n) is 15.1. The highest BCUT2D eigenvalue weighted by Gasteiger charge is 2.42. The zero-order valence-corrected chi connectivity index (χ0v) is 15.1. The van der Waals surface area contributed by atoms with Gasteiger partial charge in [0.15, 0.2) is 0 Å². The van der Waals surface area contributed by atoms with Crippen molar-refractivity contribution >= 4 is 17.6 Å². The number of methoxy groups -OCH3 is 1. The molecule has 2 N–H and O–H groups in total. The van der Waals surface area contributed by atoms with Crippen molar-refractivity contribution in [3.63, 3.8) is 0 Å². The van der Waals surface area contributed by atoms with Crippen LogP contribution in [0.5, 0.6) is 5.75 Å². The molecule has 0 bridgehead atoms. The van der Waals surface area contributed by atoms with Gasteiger partial charge in [-0.05, 0) is 48.2 Å². The van der Waals surface area contributed by atoms with Crippen molar-refractivity contribution in [3.05, 3.63) is 59.4 Å². The Morgan fingerprint density at radius 1 is 1.15 bits per heavy atom. The van der Waals surface area contributed by atoms with Gasteiger partial charge in [0.05, 0.1) is 18.9 Å². The van der Waals surface area contributed by atoms with Crippen molar-refractivity contribution in [1.82, 2.24) is 0 Å². The maximum absolute atomic E-state index is 14.1. The third-order valence-electron chi connectivity index (χ3n) is 5.19. The molecule has 0 spiro atoms. The van der Waals surface area contributed by atoms with Crippen LogP contribution in [0.1, 0.15) is 36.8 Å². The molecule has 0 saturated heterocycles. The molecule has 0 heterocycles. The van der Waals surface area contributed by atoms with Crippen molar-refractivity contribution < 1.29 is 23.8 Å². The summed E-state index contributed by atoms with van der Waals surface area (Å²) in [5, 5.41) is 11.6. The lowest BCUT2D eigenvalue weighted by molar-refractivity contribution is -0.136. The van der Waals surface area contributed by atoms with E-state index in [2.05, 4.69) is 5.32 Å².